The summed E-state index contributed by atoms with van der Waals surface area (Å²) in [5.41, 5.74) is 0. The summed E-state index contributed by atoms with van der Waals surface area (Å²) in [7, 11) is 0. The third-order valence-electron chi connectivity index (χ3n) is 2.91. The first-order valence-corrected chi connectivity index (χ1v) is 8.13. The molecule has 0 bridgehead atoms. The molecular formula is C14H13BrN2OS. The molecule has 0 spiro atoms. The van der Waals surface area contributed by atoms with Gasteiger partial charge >= 0.3 is 0 Å². The number of hydrogen-bond donors (Lipinski definition) is 0. The van der Waals surface area contributed by atoms with Gasteiger partial charge in [0.1, 0.15) is 16.2 Å². The van der Waals surface area contributed by atoms with Gasteiger partial charge in [-0.2, -0.15) is 4.98 Å². The van der Waals surface area contributed by atoms with Crippen molar-refractivity contribution in [1.82, 2.24) is 9.97 Å². The van der Waals surface area contributed by atoms with E-state index in [1.807, 2.05) is 24.3 Å². The number of aromatic nitrogens is 2. The lowest BCUT2D eigenvalue weighted by Gasteiger charge is -2.07. The third-order valence-corrected chi connectivity index (χ3v) is 4.06. The summed E-state index contributed by atoms with van der Waals surface area (Å²) in [4.78, 5) is 10.1. The minimum atomic E-state index is 0.513. The molecule has 0 amide bonds. The Labute approximate surface area is 124 Å². The minimum Gasteiger partial charge on any atom is -0.439 e. The Balaban J connectivity index is 1.81. The molecular weight excluding hydrogens is 324 g/mol. The van der Waals surface area contributed by atoms with Crippen LogP contribution in [0.15, 0.2) is 39.8 Å². The van der Waals surface area contributed by atoms with Gasteiger partial charge in [-0.25, -0.2) is 4.98 Å². The van der Waals surface area contributed by atoms with Crippen LogP contribution >= 0.6 is 27.7 Å². The predicted molar refractivity (Wildman–Crippen MR) is 80.0 cm³/mol. The molecule has 3 rings (SSSR count). The van der Waals surface area contributed by atoms with Gasteiger partial charge in [-0.1, -0.05) is 0 Å². The smallest absolute Gasteiger partial charge is 0.223 e. The second kappa shape index (κ2) is 5.51. The molecule has 1 aromatic heterocycles. The van der Waals surface area contributed by atoms with Crippen molar-refractivity contribution in [3.05, 3.63) is 40.8 Å². The van der Waals surface area contributed by atoms with Crippen molar-refractivity contribution in [2.45, 2.75) is 23.7 Å². The maximum atomic E-state index is 5.79. The summed E-state index contributed by atoms with van der Waals surface area (Å²) in [5.74, 6) is 2.79. The SMILES string of the molecule is CSc1ccc(Oc2cc(Br)nc(C3CC3)n2)cc1. The molecule has 0 unspecified atom stereocenters. The second-order valence-corrected chi connectivity index (χ2v) is 6.13. The quantitative estimate of drug-likeness (QED) is 0.602. The second-order valence-electron chi connectivity index (χ2n) is 4.44. The van der Waals surface area contributed by atoms with Gasteiger partial charge in [0.05, 0.1) is 0 Å². The molecule has 1 fully saturated rings. The number of benzene rings is 1. The van der Waals surface area contributed by atoms with E-state index in [1.54, 1.807) is 17.8 Å². The van der Waals surface area contributed by atoms with Crippen LogP contribution in [-0.4, -0.2) is 16.2 Å². The summed E-state index contributed by atoms with van der Waals surface area (Å²) < 4.78 is 6.56. The first-order chi connectivity index (χ1) is 9.24. The van der Waals surface area contributed by atoms with Crippen molar-refractivity contribution < 1.29 is 4.74 Å². The van der Waals surface area contributed by atoms with E-state index in [9.17, 15) is 0 Å². The Kier molecular flexibility index (Phi) is 3.75. The Morgan fingerprint density at radius 2 is 1.95 bits per heavy atom. The monoisotopic (exact) mass is 336 g/mol. The molecule has 1 aliphatic carbocycles. The van der Waals surface area contributed by atoms with Crippen molar-refractivity contribution in [3.63, 3.8) is 0 Å². The van der Waals surface area contributed by atoms with Crippen LogP contribution in [0.3, 0.4) is 0 Å². The van der Waals surface area contributed by atoms with Gasteiger partial charge in [-0.3, -0.25) is 0 Å². The third kappa shape index (κ3) is 3.28. The Hall–Kier alpha value is -1.07. The van der Waals surface area contributed by atoms with Crippen LogP contribution in [0.2, 0.25) is 0 Å². The number of hydrogen-bond acceptors (Lipinski definition) is 4. The van der Waals surface area contributed by atoms with E-state index in [4.69, 9.17) is 4.74 Å². The van der Waals surface area contributed by atoms with Gasteiger partial charge in [-0.05, 0) is 59.3 Å². The van der Waals surface area contributed by atoms with Crippen LogP contribution in [0.1, 0.15) is 24.6 Å². The molecule has 0 saturated heterocycles. The Morgan fingerprint density at radius 3 is 2.58 bits per heavy atom. The average molecular weight is 337 g/mol. The number of rotatable bonds is 4. The van der Waals surface area contributed by atoms with Gasteiger partial charge in [-0.15, -0.1) is 11.8 Å². The van der Waals surface area contributed by atoms with Gasteiger partial charge in [0.15, 0.2) is 0 Å². The molecule has 1 saturated carbocycles. The van der Waals surface area contributed by atoms with Crippen LogP contribution < -0.4 is 4.74 Å². The molecule has 1 aliphatic rings. The van der Waals surface area contributed by atoms with E-state index < -0.39 is 0 Å². The molecule has 0 radical (unpaired) electrons. The van der Waals surface area contributed by atoms with E-state index >= 15 is 0 Å². The molecule has 2 aromatic rings. The van der Waals surface area contributed by atoms with Gasteiger partial charge in [0.2, 0.25) is 5.88 Å². The zero-order valence-electron chi connectivity index (χ0n) is 10.5. The van der Waals surface area contributed by atoms with Crippen molar-refractivity contribution >= 4 is 27.7 Å². The highest BCUT2D eigenvalue weighted by molar-refractivity contribution is 9.10. The van der Waals surface area contributed by atoms with E-state index in [0.29, 0.717) is 11.8 Å². The summed E-state index contributed by atoms with van der Waals surface area (Å²) in [6.45, 7) is 0. The van der Waals surface area contributed by atoms with Crippen molar-refractivity contribution in [1.29, 1.82) is 0 Å². The number of nitrogens with zero attached hydrogens (tertiary/aromatic N) is 2. The molecule has 1 heterocycles. The fourth-order valence-corrected chi connectivity index (χ4v) is 2.54. The fourth-order valence-electron chi connectivity index (χ4n) is 1.75. The molecule has 0 atom stereocenters. The fraction of sp³-hybridized carbons (Fsp3) is 0.286. The summed E-state index contributed by atoms with van der Waals surface area (Å²) >= 11 is 5.12. The predicted octanol–water partition coefficient (Wildman–Crippen LogP) is 4.63. The molecule has 19 heavy (non-hydrogen) atoms. The lowest BCUT2D eigenvalue weighted by molar-refractivity contribution is 0.457. The standard InChI is InChI=1S/C14H13BrN2OS/c1-19-11-6-4-10(5-7-11)18-13-8-12(15)16-14(17-13)9-2-3-9/h4-9H,2-3H2,1H3. The van der Waals surface area contributed by atoms with Gasteiger partial charge in [0, 0.05) is 16.9 Å². The lowest BCUT2D eigenvalue weighted by Crippen LogP contribution is -1.96. The highest BCUT2D eigenvalue weighted by atomic mass is 79.9. The zero-order chi connectivity index (χ0) is 13.2. The van der Waals surface area contributed by atoms with Crippen LogP contribution in [0.25, 0.3) is 0 Å². The summed E-state index contributed by atoms with van der Waals surface area (Å²) in [5, 5.41) is 0. The summed E-state index contributed by atoms with van der Waals surface area (Å²) in [6, 6.07) is 9.79. The number of ether oxygens (including phenoxy) is 1. The normalized spacial score (nSPS) is 14.4. The van der Waals surface area contributed by atoms with Crippen LogP contribution in [0.5, 0.6) is 11.6 Å². The molecule has 3 nitrogen and oxygen atoms in total. The molecule has 5 heteroatoms. The van der Waals surface area contributed by atoms with E-state index in [0.717, 1.165) is 16.2 Å². The first-order valence-electron chi connectivity index (χ1n) is 6.11. The van der Waals surface area contributed by atoms with Crippen molar-refractivity contribution in [2.75, 3.05) is 6.26 Å². The van der Waals surface area contributed by atoms with Gasteiger partial charge < -0.3 is 4.74 Å². The number of thioether (sulfide) groups is 1. The van der Waals surface area contributed by atoms with Crippen LogP contribution in [0, 0.1) is 0 Å². The van der Waals surface area contributed by atoms with E-state index in [1.165, 1.54) is 17.7 Å². The van der Waals surface area contributed by atoms with E-state index in [-0.39, 0.29) is 0 Å². The number of halogens is 1. The maximum absolute atomic E-state index is 5.79. The van der Waals surface area contributed by atoms with Gasteiger partial charge in [0.25, 0.3) is 0 Å². The Morgan fingerprint density at radius 1 is 1.21 bits per heavy atom. The van der Waals surface area contributed by atoms with Crippen LogP contribution in [-0.2, 0) is 0 Å². The highest BCUT2D eigenvalue weighted by Gasteiger charge is 2.27. The largest absolute Gasteiger partial charge is 0.439 e. The van der Waals surface area contributed by atoms with E-state index in [2.05, 4.69) is 32.2 Å². The first kappa shape index (κ1) is 12.9. The van der Waals surface area contributed by atoms with Crippen molar-refractivity contribution in [3.8, 4) is 11.6 Å². The Bertz CT molecular complexity index is 584. The molecule has 1 aromatic carbocycles. The summed E-state index contributed by atoms with van der Waals surface area (Å²) in [6.07, 6.45) is 4.41. The molecule has 0 aliphatic heterocycles. The minimum absolute atomic E-state index is 0.513. The van der Waals surface area contributed by atoms with Crippen molar-refractivity contribution in [2.24, 2.45) is 0 Å². The zero-order valence-corrected chi connectivity index (χ0v) is 12.9. The van der Waals surface area contributed by atoms with Crippen LogP contribution in [0.4, 0.5) is 0 Å². The topological polar surface area (TPSA) is 35.0 Å². The lowest BCUT2D eigenvalue weighted by atomic mass is 10.3. The maximum Gasteiger partial charge on any atom is 0.223 e. The molecule has 98 valence electrons. The average Bonchev–Trinajstić information content (AvgIpc) is 3.23. The highest BCUT2D eigenvalue weighted by Crippen LogP contribution is 2.39. The molecule has 0 N–H and O–H groups in total.